The van der Waals surface area contributed by atoms with E-state index >= 15 is 0 Å². The first-order chi connectivity index (χ1) is 12.2. The van der Waals surface area contributed by atoms with E-state index in [4.69, 9.17) is 4.74 Å². The number of imide groups is 1. The summed E-state index contributed by atoms with van der Waals surface area (Å²) in [4.78, 5) is 25.0. The topological polar surface area (TPSA) is 46.6 Å². The minimum Gasteiger partial charge on any atom is -0.380 e. The van der Waals surface area contributed by atoms with Gasteiger partial charge in [0.05, 0.1) is 11.5 Å². The first-order valence-corrected chi connectivity index (χ1v) is 8.80. The second-order valence-corrected chi connectivity index (χ2v) is 6.25. The van der Waals surface area contributed by atoms with Gasteiger partial charge >= 0.3 is 0 Å². The molecule has 3 rings (SSSR count). The van der Waals surface area contributed by atoms with Crippen LogP contribution in [-0.4, -0.2) is 29.7 Å². The van der Waals surface area contributed by atoms with Gasteiger partial charge in [0.15, 0.2) is 0 Å². The fourth-order valence-electron chi connectivity index (χ4n) is 2.21. The van der Waals surface area contributed by atoms with Crippen molar-refractivity contribution in [3.8, 4) is 0 Å². The van der Waals surface area contributed by atoms with E-state index in [1.165, 1.54) is 10.5 Å². The molecule has 27 heavy (non-hydrogen) atoms. The molecular formula is C21H24NO3SY-. The van der Waals surface area contributed by atoms with Crippen molar-refractivity contribution < 1.29 is 47.0 Å². The van der Waals surface area contributed by atoms with Gasteiger partial charge in [-0.1, -0.05) is 60.7 Å². The van der Waals surface area contributed by atoms with Gasteiger partial charge in [-0.05, 0) is 35.9 Å². The maximum Gasteiger partial charge on any atom is 0.293 e. The Kier molecular flexibility index (Phi) is 13.2. The van der Waals surface area contributed by atoms with Crippen LogP contribution in [0.25, 0.3) is 6.08 Å². The first kappa shape index (κ1) is 25.7. The van der Waals surface area contributed by atoms with Crippen LogP contribution in [0.4, 0.5) is 4.79 Å². The molecule has 1 aliphatic heterocycles. The zero-order chi connectivity index (χ0) is 18.1. The number of hydrogen-bond donors (Lipinski definition) is 0. The molecule has 1 saturated heterocycles. The van der Waals surface area contributed by atoms with Crippen LogP contribution in [0.3, 0.4) is 0 Å². The van der Waals surface area contributed by atoms with E-state index < -0.39 is 0 Å². The molecule has 0 aliphatic carbocycles. The third-order valence-corrected chi connectivity index (χ3v) is 4.35. The van der Waals surface area contributed by atoms with E-state index in [-0.39, 0.29) is 51.3 Å². The van der Waals surface area contributed by atoms with E-state index in [1.807, 2.05) is 60.7 Å². The van der Waals surface area contributed by atoms with Crippen LogP contribution in [0.5, 0.6) is 0 Å². The second-order valence-electron chi connectivity index (χ2n) is 5.26. The minimum absolute atomic E-state index is 0. The average Bonchev–Trinajstić information content (AvgIpc) is 2.90. The van der Waals surface area contributed by atoms with Gasteiger partial charge in [0.1, 0.15) is 0 Å². The van der Waals surface area contributed by atoms with Crippen molar-refractivity contribution in [1.82, 2.24) is 4.90 Å². The van der Waals surface area contributed by atoms with Crippen LogP contribution in [0.2, 0.25) is 0 Å². The molecule has 1 aliphatic rings. The summed E-state index contributed by atoms with van der Waals surface area (Å²) in [6.07, 6.45) is 1.75. The molecular weight excluding hydrogens is 435 g/mol. The Morgan fingerprint density at radius 1 is 1.00 bits per heavy atom. The molecule has 1 fully saturated rings. The van der Waals surface area contributed by atoms with Crippen molar-refractivity contribution in [2.24, 2.45) is 0 Å². The zero-order valence-electron chi connectivity index (χ0n) is 15.9. The summed E-state index contributed by atoms with van der Waals surface area (Å²) < 4.78 is 4.93. The summed E-state index contributed by atoms with van der Waals surface area (Å²) in [6.45, 7) is 2.93. The zero-order valence-corrected chi connectivity index (χ0v) is 19.6. The predicted octanol–water partition coefficient (Wildman–Crippen LogP) is 5.02. The normalized spacial score (nSPS) is 14.1. The molecule has 6 heteroatoms. The number of benzene rings is 2. The molecule has 0 saturated carbocycles. The molecule has 2 amide bonds. The van der Waals surface area contributed by atoms with Crippen LogP contribution >= 0.6 is 11.8 Å². The van der Waals surface area contributed by atoms with Crippen molar-refractivity contribution in [3.05, 3.63) is 84.1 Å². The number of amides is 2. The molecule has 1 radical (unpaired) electrons. The Labute approximate surface area is 191 Å². The van der Waals surface area contributed by atoms with E-state index in [0.29, 0.717) is 18.1 Å². The number of rotatable bonds is 4. The maximum atomic E-state index is 11.8. The Balaban J connectivity index is 0.000000532. The molecule has 4 nitrogen and oxygen atoms in total. The number of thioether (sulfide) groups is 1. The Hall–Kier alpha value is -1.27. The molecule has 0 unspecified atom stereocenters. The molecule has 2 aromatic carbocycles. The SMILES string of the molecule is CCN1C(=O)S/C(=C/c2ccccc2)C1=O.COCc1ccccc1.[CH3-].[Y]. The van der Waals surface area contributed by atoms with Gasteiger partial charge in [-0.3, -0.25) is 14.5 Å². The van der Waals surface area contributed by atoms with Gasteiger partial charge in [0.25, 0.3) is 11.1 Å². The van der Waals surface area contributed by atoms with Crippen molar-refractivity contribution in [3.63, 3.8) is 0 Å². The second kappa shape index (κ2) is 13.8. The van der Waals surface area contributed by atoms with Crippen LogP contribution in [0.1, 0.15) is 18.1 Å². The maximum absolute atomic E-state index is 11.8. The molecule has 1 heterocycles. The van der Waals surface area contributed by atoms with Gasteiger partial charge in [0.2, 0.25) is 0 Å². The number of methoxy groups -OCH3 is 1. The van der Waals surface area contributed by atoms with Gasteiger partial charge < -0.3 is 12.2 Å². The summed E-state index contributed by atoms with van der Waals surface area (Å²) in [7, 11) is 1.70. The fraction of sp³-hybridized carbons (Fsp3) is 0.190. The molecule has 0 aromatic heterocycles. The summed E-state index contributed by atoms with van der Waals surface area (Å²) >= 11 is 1.000. The van der Waals surface area contributed by atoms with Crippen LogP contribution < -0.4 is 0 Å². The monoisotopic (exact) mass is 459 g/mol. The van der Waals surface area contributed by atoms with E-state index in [1.54, 1.807) is 20.1 Å². The molecule has 0 N–H and O–H groups in total. The summed E-state index contributed by atoms with van der Waals surface area (Å²) in [5.41, 5.74) is 2.16. The number of carbonyl (C=O) groups is 2. The molecule has 0 bridgehead atoms. The number of nitrogens with zero attached hydrogens (tertiary/aromatic N) is 1. The largest absolute Gasteiger partial charge is 0.380 e. The van der Waals surface area contributed by atoms with E-state index in [0.717, 1.165) is 17.3 Å². The van der Waals surface area contributed by atoms with E-state index in [2.05, 4.69) is 0 Å². The van der Waals surface area contributed by atoms with Gasteiger partial charge in [0, 0.05) is 46.4 Å². The summed E-state index contributed by atoms with van der Waals surface area (Å²) in [5.74, 6) is -0.193. The van der Waals surface area contributed by atoms with E-state index in [9.17, 15) is 9.59 Å². The Morgan fingerprint density at radius 3 is 2.04 bits per heavy atom. The molecule has 0 atom stereocenters. The van der Waals surface area contributed by atoms with Crippen LogP contribution in [0.15, 0.2) is 65.6 Å². The molecule has 2 aromatic rings. The van der Waals surface area contributed by atoms with Crippen molar-refractivity contribution in [1.29, 1.82) is 0 Å². The van der Waals surface area contributed by atoms with Crippen molar-refractivity contribution >= 4 is 29.0 Å². The Morgan fingerprint density at radius 2 is 1.56 bits per heavy atom. The minimum atomic E-state index is -0.193. The van der Waals surface area contributed by atoms with Gasteiger partial charge in [-0.25, -0.2) is 0 Å². The van der Waals surface area contributed by atoms with Gasteiger partial charge in [-0.2, -0.15) is 0 Å². The van der Waals surface area contributed by atoms with Crippen LogP contribution in [-0.2, 0) is 48.8 Å². The molecule has 141 valence electrons. The van der Waals surface area contributed by atoms with Crippen LogP contribution in [0, 0.1) is 7.43 Å². The number of carbonyl (C=O) groups excluding carboxylic acids is 2. The standard InChI is InChI=1S/C12H11NO2S.C8H10O.CH3.Y/c1-2-13-11(14)10(16-12(13)15)8-9-6-4-3-5-7-9;1-9-7-8-5-3-2-4-6-8;;/h3-8H,2H2,1H3;2-6H,7H2,1H3;1H3;/q;;-1;/b10-8+;;;. The predicted molar refractivity (Wildman–Crippen MR) is 108 cm³/mol. The summed E-state index contributed by atoms with van der Waals surface area (Å²) in [5, 5.41) is -0.185. The fourth-order valence-corrected chi connectivity index (χ4v) is 3.12. The van der Waals surface area contributed by atoms with Gasteiger partial charge in [-0.15, -0.1) is 0 Å². The van der Waals surface area contributed by atoms with Crippen molar-refractivity contribution in [2.75, 3.05) is 13.7 Å². The van der Waals surface area contributed by atoms with Crippen molar-refractivity contribution in [2.45, 2.75) is 13.5 Å². The third kappa shape index (κ3) is 8.10. The number of hydrogen-bond acceptors (Lipinski definition) is 4. The first-order valence-electron chi connectivity index (χ1n) is 7.99. The Bertz CT molecular complexity index is 736. The average molecular weight is 459 g/mol. The number of likely N-dealkylation sites (N-methyl/N-ethyl adjacent to an activating group) is 1. The third-order valence-electron chi connectivity index (χ3n) is 3.44. The number of ether oxygens (including phenoxy) is 1. The molecule has 0 spiro atoms. The summed E-state index contributed by atoms with van der Waals surface area (Å²) in [6, 6.07) is 19.6. The smallest absolute Gasteiger partial charge is 0.293 e. The quantitative estimate of drug-likeness (QED) is 0.476.